The molecule has 0 saturated carbocycles. The maximum atomic E-state index is 13.4. The Morgan fingerprint density at radius 2 is 1.46 bits per heavy atom. The Bertz CT molecular complexity index is 778. The van der Waals surface area contributed by atoms with E-state index in [1.165, 1.54) is 5.56 Å². The van der Waals surface area contributed by atoms with Gasteiger partial charge in [0, 0.05) is 23.8 Å². The van der Waals surface area contributed by atoms with Crippen LogP contribution < -0.4 is 9.64 Å². The predicted molar refractivity (Wildman–Crippen MR) is 115 cm³/mol. The van der Waals surface area contributed by atoms with E-state index < -0.39 is 0 Å². The van der Waals surface area contributed by atoms with Crippen LogP contribution in [0.4, 0.5) is 5.69 Å². The molecule has 1 amide bonds. The summed E-state index contributed by atoms with van der Waals surface area (Å²) in [6, 6.07) is 19.1. The van der Waals surface area contributed by atoms with Crippen LogP contribution in [0.1, 0.15) is 46.2 Å². The molecule has 3 rings (SSSR count). The zero-order chi connectivity index (χ0) is 20.4. The van der Waals surface area contributed by atoms with Crippen molar-refractivity contribution >= 4 is 11.6 Å². The summed E-state index contributed by atoms with van der Waals surface area (Å²) in [6.07, 6.45) is 0. The van der Waals surface area contributed by atoms with Crippen molar-refractivity contribution in [1.29, 1.82) is 0 Å². The van der Waals surface area contributed by atoms with Crippen molar-refractivity contribution in [2.75, 3.05) is 12.0 Å². The Balaban J connectivity index is 1.97. The highest BCUT2D eigenvalue weighted by Crippen LogP contribution is 2.46. The molecule has 1 aliphatic rings. The number of hydrogen-bond acceptors (Lipinski definition) is 3. The van der Waals surface area contributed by atoms with E-state index in [0.717, 1.165) is 11.4 Å². The summed E-state index contributed by atoms with van der Waals surface area (Å²) in [4.78, 5) is 17.7. The molecular formula is C24H32N2O2. The minimum Gasteiger partial charge on any atom is -0.497 e. The molecule has 1 saturated heterocycles. The van der Waals surface area contributed by atoms with Crippen LogP contribution in [-0.4, -0.2) is 36.0 Å². The first kappa shape index (κ1) is 20.4. The van der Waals surface area contributed by atoms with Crippen molar-refractivity contribution < 1.29 is 9.53 Å². The maximum Gasteiger partial charge on any atom is 0.234 e. The predicted octanol–water partition coefficient (Wildman–Crippen LogP) is 4.91. The maximum absolute atomic E-state index is 13.4. The average molecular weight is 381 g/mol. The van der Waals surface area contributed by atoms with Gasteiger partial charge in [-0.25, -0.2) is 0 Å². The van der Waals surface area contributed by atoms with Crippen LogP contribution in [0.25, 0.3) is 0 Å². The summed E-state index contributed by atoms with van der Waals surface area (Å²) in [7, 11) is 1.65. The molecule has 28 heavy (non-hydrogen) atoms. The van der Waals surface area contributed by atoms with Crippen LogP contribution in [0.3, 0.4) is 0 Å². The third-order valence-corrected chi connectivity index (χ3v) is 5.82. The second-order valence-corrected chi connectivity index (χ2v) is 8.16. The van der Waals surface area contributed by atoms with Gasteiger partial charge in [-0.05, 0) is 64.4 Å². The van der Waals surface area contributed by atoms with Gasteiger partial charge >= 0.3 is 0 Å². The molecule has 0 spiro atoms. The number of rotatable bonds is 7. The smallest absolute Gasteiger partial charge is 0.234 e. The number of amides is 1. The fourth-order valence-electron chi connectivity index (χ4n) is 4.74. The lowest BCUT2D eigenvalue weighted by molar-refractivity contribution is -0.134. The van der Waals surface area contributed by atoms with Crippen LogP contribution in [0, 0.1) is 5.92 Å². The van der Waals surface area contributed by atoms with Crippen LogP contribution in [-0.2, 0) is 4.79 Å². The number of β-lactam (4-membered cyclic amide) rings is 1. The molecule has 0 N–H and O–H groups in total. The molecule has 1 aliphatic heterocycles. The number of benzene rings is 2. The number of nitrogens with zero attached hydrogens (tertiary/aromatic N) is 2. The van der Waals surface area contributed by atoms with E-state index >= 15 is 0 Å². The number of methoxy groups -OCH3 is 1. The number of anilines is 1. The summed E-state index contributed by atoms with van der Waals surface area (Å²) >= 11 is 0. The Morgan fingerprint density at radius 1 is 0.893 bits per heavy atom. The van der Waals surface area contributed by atoms with Gasteiger partial charge in [-0.15, -0.1) is 0 Å². The Kier molecular flexibility index (Phi) is 6.09. The monoisotopic (exact) mass is 380 g/mol. The van der Waals surface area contributed by atoms with Gasteiger partial charge in [0.2, 0.25) is 5.91 Å². The second-order valence-electron chi connectivity index (χ2n) is 8.16. The van der Waals surface area contributed by atoms with Gasteiger partial charge in [0.05, 0.1) is 19.1 Å². The van der Waals surface area contributed by atoms with E-state index in [-0.39, 0.29) is 23.9 Å². The zero-order valence-electron chi connectivity index (χ0n) is 17.8. The van der Waals surface area contributed by atoms with Crippen LogP contribution in [0.5, 0.6) is 5.75 Å². The van der Waals surface area contributed by atoms with Crippen molar-refractivity contribution in [3.05, 3.63) is 60.2 Å². The first-order valence-electron chi connectivity index (χ1n) is 10.2. The lowest BCUT2D eigenvalue weighted by Gasteiger charge is -2.53. The molecule has 150 valence electrons. The van der Waals surface area contributed by atoms with Crippen LogP contribution in [0.2, 0.25) is 0 Å². The minimum atomic E-state index is -0.0608. The highest BCUT2D eigenvalue weighted by Gasteiger charge is 2.52. The zero-order valence-corrected chi connectivity index (χ0v) is 17.8. The van der Waals surface area contributed by atoms with Gasteiger partial charge in [-0.2, -0.15) is 0 Å². The second kappa shape index (κ2) is 8.36. The van der Waals surface area contributed by atoms with E-state index in [1.54, 1.807) is 7.11 Å². The van der Waals surface area contributed by atoms with E-state index in [4.69, 9.17) is 4.74 Å². The van der Waals surface area contributed by atoms with Gasteiger partial charge in [0.1, 0.15) is 5.75 Å². The summed E-state index contributed by atoms with van der Waals surface area (Å²) in [5, 5.41) is 0. The van der Waals surface area contributed by atoms with Gasteiger partial charge in [0.25, 0.3) is 0 Å². The first-order chi connectivity index (χ1) is 13.4. The van der Waals surface area contributed by atoms with Gasteiger partial charge in [-0.3, -0.25) is 9.69 Å². The lowest BCUT2D eigenvalue weighted by atomic mass is 9.76. The van der Waals surface area contributed by atoms with Gasteiger partial charge in [-0.1, -0.05) is 30.3 Å². The standard InChI is InChI=1S/C24H32N2O2/c1-16(2)25(17(3)4)18(5)22-23(19-10-8-7-9-11-19)26(24(22)27)20-12-14-21(28-6)15-13-20/h7-18,22-23H,1-6H3/t18-,22+,23+/m0/s1. The lowest BCUT2D eigenvalue weighted by Crippen LogP contribution is -2.63. The fraction of sp³-hybridized carbons (Fsp3) is 0.458. The SMILES string of the molecule is COc1ccc(N2C(=O)[C@H]([C@H](C)N(C(C)C)C(C)C)[C@H]2c2ccccc2)cc1. The third kappa shape index (κ3) is 3.66. The van der Waals surface area contributed by atoms with Crippen molar-refractivity contribution in [3.8, 4) is 5.75 Å². The summed E-state index contributed by atoms with van der Waals surface area (Å²) in [6.45, 7) is 11.0. The molecule has 0 aromatic heterocycles. The van der Waals surface area contributed by atoms with Gasteiger partial charge in [0.15, 0.2) is 0 Å². The molecule has 4 heteroatoms. The fourth-order valence-corrected chi connectivity index (χ4v) is 4.74. The number of hydrogen-bond donors (Lipinski definition) is 0. The molecule has 1 fully saturated rings. The molecule has 0 unspecified atom stereocenters. The van der Waals surface area contributed by atoms with Crippen molar-refractivity contribution in [2.24, 2.45) is 5.92 Å². The quantitative estimate of drug-likeness (QED) is 0.640. The van der Waals surface area contributed by atoms with E-state index in [2.05, 4.69) is 63.8 Å². The third-order valence-electron chi connectivity index (χ3n) is 5.82. The molecule has 2 aromatic carbocycles. The van der Waals surface area contributed by atoms with Crippen molar-refractivity contribution in [1.82, 2.24) is 4.90 Å². The Hall–Kier alpha value is -2.33. The minimum absolute atomic E-state index is 0.0390. The van der Waals surface area contributed by atoms with Crippen LogP contribution >= 0.6 is 0 Å². The van der Waals surface area contributed by atoms with Crippen molar-refractivity contribution in [3.63, 3.8) is 0 Å². The normalized spacial score (nSPS) is 20.6. The summed E-state index contributed by atoms with van der Waals surface area (Å²) in [5.41, 5.74) is 2.10. The molecule has 4 nitrogen and oxygen atoms in total. The largest absolute Gasteiger partial charge is 0.497 e. The van der Waals surface area contributed by atoms with E-state index in [0.29, 0.717) is 12.1 Å². The molecule has 0 radical (unpaired) electrons. The highest BCUT2D eigenvalue weighted by molar-refractivity contribution is 6.03. The molecule has 1 heterocycles. The molecule has 3 atom stereocenters. The number of ether oxygens (including phenoxy) is 1. The Labute approximate surface area is 169 Å². The summed E-state index contributed by atoms with van der Waals surface area (Å²) < 4.78 is 5.27. The highest BCUT2D eigenvalue weighted by atomic mass is 16.5. The first-order valence-corrected chi connectivity index (χ1v) is 10.2. The van der Waals surface area contributed by atoms with Crippen LogP contribution in [0.15, 0.2) is 54.6 Å². The summed E-state index contributed by atoms with van der Waals surface area (Å²) in [5.74, 6) is 0.927. The number of carbonyl (C=O) groups excluding carboxylic acids is 1. The molecule has 0 aliphatic carbocycles. The Morgan fingerprint density at radius 3 is 1.96 bits per heavy atom. The molecule has 2 aromatic rings. The van der Waals surface area contributed by atoms with E-state index in [9.17, 15) is 4.79 Å². The molecule has 0 bridgehead atoms. The average Bonchev–Trinajstić information content (AvgIpc) is 2.66. The van der Waals surface area contributed by atoms with Gasteiger partial charge < -0.3 is 9.64 Å². The number of carbonyl (C=O) groups is 1. The van der Waals surface area contributed by atoms with Crippen molar-refractivity contribution in [2.45, 2.75) is 58.8 Å². The topological polar surface area (TPSA) is 32.8 Å². The van der Waals surface area contributed by atoms with E-state index in [1.807, 2.05) is 35.2 Å². The molecular weight excluding hydrogens is 348 g/mol.